The molecule has 0 aromatic carbocycles. The minimum atomic E-state index is -3.77. The Morgan fingerprint density at radius 3 is 2.59 bits per heavy atom. The number of hydrogen-bond donors (Lipinski definition) is 2. The highest BCUT2D eigenvalue weighted by atomic mass is 32.3. The number of carbonyl (C=O) groups is 1. The van der Waals surface area contributed by atoms with Crippen molar-refractivity contribution in [2.45, 2.75) is 40.9 Å². The maximum atomic E-state index is 12.8. The molecule has 0 fully saturated rings. The van der Waals surface area contributed by atoms with Gasteiger partial charge in [0.05, 0.1) is 4.21 Å². The third-order valence-corrected chi connectivity index (χ3v) is 7.70. The van der Waals surface area contributed by atoms with Crippen molar-refractivity contribution in [3.8, 4) is 0 Å². The molecular formula is C14H22N2O3S3. The highest BCUT2D eigenvalue weighted by molar-refractivity contribution is 8.03. The Kier molecular flexibility index (Phi) is 5.09. The topological polar surface area (TPSA) is 89.3 Å². The second-order valence-corrected chi connectivity index (χ2v) is 11.2. The lowest BCUT2D eigenvalue weighted by Crippen LogP contribution is -2.44. The van der Waals surface area contributed by atoms with Crippen molar-refractivity contribution >= 4 is 38.9 Å². The number of nitrogens with two attached hydrogens (primary N) is 1. The van der Waals surface area contributed by atoms with Crippen molar-refractivity contribution in [2.24, 2.45) is 17.0 Å². The number of nitrogens with one attached hydrogen (secondary N) is 1. The van der Waals surface area contributed by atoms with Crippen molar-refractivity contribution in [1.82, 2.24) is 5.32 Å². The molecule has 1 aromatic heterocycles. The number of ketones is 1. The number of primary sulfonamides is 1. The normalized spacial score (nSPS) is 21.2. The predicted molar refractivity (Wildman–Crippen MR) is 91.2 cm³/mol. The fraction of sp³-hybridized carbons (Fsp3) is 0.643. The summed E-state index contributed by atoms with van der Waals surface area (Å²) in [6.45, 7) is 9.73. The summed E-state index contributed by atoms with van der Waals surface area (Å²) in [5, 5.41) is 8.51. The van der Waals surface area contributed by atoms with Gasteiger partial charge in [-0.05, 0) is 32.4 Å². The molecule has 8 heteroatoms. The number of thiophene rings is 1. The van der Waals surface area contributed by atoms with Gasteiger partial charge >= 0.3 is 0 Å². The van der Waals surface area contributed by atoms with Crippen molar-refractivity contribution < 1.29 is 13.2 Å². The van der Waals surface area contributed by atoms with Gasteiger partial charge in [0.2, 0.25) is 10.0 Å². The van der Waals surface area contributed by atoms with Gasteiger partial charge in [-0.15, -0.1) is 23.1 Å². The van der Waals surface area contributed by atoms with E-state index in [9.17, 15) is 13.2 Å². The van der Waals surface area contributed by atoms with Crippen LogP contribution >= 0.6 is 23.1 Å². The monoisotopic (exact) mass is 362 g/mol. The van der Waals surface area contributed by atoms with Crippen molar-refractivity contribution in [1.29, 1.82) is 0 Å². The van der Waals surface area contributed by atoms with Gasteiger partial charge < -0.3 is 5.32 Å². The Labute approximate surface area is 140 Å². The van der Waals surface area contributed by atoms with E-state index in [0.29, 0.717) is 18.0 Å². The van der Waals surface area contributed by atoms with Crippen LogP contribution in [0, 0.1) is 11.8 Å². The Bertz CT molecular complexity index is 678. The molecule has 1 atom stereocenters. The predicted octanol–water partition coefficient (Wildman–Crippen LogP) is 2.32. The molecule has 124 valence electrons. The molecule has 2 heterocycles. The standard InChI is InChI=1S/C14H22N2O3S3/c1-8(2)6-16-7-10-12(17)9-5-11(22(15,18)19)20-13(9)21-14(10,3)4/h5,8,10,16H,6-7H2,1-4H3,(H2,15,18,19). The van der Waals surface area contributed by atoms with Crippen LogP contribution in [-0.2, 0) is 10.0 Å². The minimum Gasteiger partial charge on any atom is -0.316 e. The third-order valence-electron chi connectivity index (χ3n) is 3.63. The Hall–Kier alpha value is -0.410. The molecule has 0 aliphatic carbocycles. The molecule has 0 saturated heterocycles. The molecule has 5 nitrogen and oxygen atoms in total. The van der Waals surface area contributed by atoms with Crippen LogP contribution < -0.4 is 10.5 Å². The van der Waals surface area contributed by atoms with Crippen LogP contribution in [0.25, 0.3) is 0 Å². The van der Waals surface area contributed by atoms with Gasteiger partial charge in [-0.2, -0.15) is 0 Å². The summed E-state index contributed by atoms with van der Waals surface area (Å²) >= 11 is 2.65. The first-order valence-corrected chi connectivity index (χ1v) is 10.3. The maximum Gasteiger partial charge on any atom is 0.247 e. The number of sulfonamides is 1. The molecule has 1 unspecified atom stereocenters. The second kappa shape index (κ2) is 6.24. The molecule has 2 rings (SSSR count). The summed E-state index contributed by atoms with van der Waals surface area (Å²) in [6.07, 6.45) is 0. The van der Waals surface area contributed by atoms with Gasteiger partial charge in [0.15, 0.2) is 5.78 Å². The van der Waals surface area contributed by atoms with E-state index in [1.165, 1.54) is 6.07 Å². The van der Waals surface area contributed by atoms with Crippen LogP contribution in [0.1, 0.15) is 38.1 Å². The van der Waals surface area contributed by atoms with E-state index in [4.69, 9.17) is 5.14 Å². The van der Waals surface area contributed by atoms with Crippen LogP contribution in [-0.4, -0.2) is 32.0 Å². The smallest absolute Gasteiger partial charge is 0.247 e. The SMILES string of the molecule is CC(C)CNCC1C(=O)c2cc(S(N)(=O)=O)sc2SC1(C)C. The zero-order valence-corrected chi connectivity index (χ0v) is 15.6. The van der Waals surface area contributed by atoms with Crippen molar-refractivity contribution in [3.05, 3.63) is 11.6 Å². The molecule has 0 radical (unpaired) electrons. The van der Waals surface area contributed by atoms with Gasteiger partial charge in [0, 0.05) is 22.8 Å². The Morgan fingerprint density at radius 1 is 1.41 bits per heavy atom. The quantitative estimate of drug-likeness (QED) is 0.839. The zero-order chi connectivity index (χ0) is 16.7. The fourth-order valence-corrected chi connectivity index (χ4v) is 6.35. The number of rotatable bonds is 5. The van der Waals surface area contributed by atoms with Gasteiger partial charge in [-0.25, -0.2) is 13.6 Å². The zero-order valence-electron chi connectivity index (χ0n) is 13.2. The number of carbonyl (C=O) groups excluding carboxylic acids is 1. The van der Waals surface area contributed by atoms with E-state index in [2.05, 4.69) is 19.2 Å². The molecular weight excluding hydrogens is 340 g/mol. The Balaban J connectivity index is 2.29. The van der Waals surface area contributed by atoms with Crippen LogP contribution in [0.15, 0.2) is 14.5 Å². The van der Waals surface area contributed by atoms with E-state index in [0.717, 1.165) is 22.1 Å². The highest BCUT2D eigenvalue weighted by Gasteiger charge is 2.43. The molecule has 3 N–H and O–H groups in total. The summed E-state index contributed by atoms with van der Waals surface area (Å²) in [7, 11) is -3.77. The molecule has 0 spiro atoms. The first kappa shape index (κ1) is 17.9. The maximum absolute atomic E-state index is 12.8. The van der Waals surface area contributed by atoms with Crippen molar-refractivity contribution in [2.75, 3.05) is 13.1 Å². The number of fused-ring (bicyclic) bond motifs is 1. The lowest BCUT2D eigenvalue weighted by Gasteiger charge is -2.36. The summed E-state index contributed by atoms with van der Waals surface area (Å²) in [4.78, 5) is 12.8. The molecule has 0 bridgehead atoms. The second-order valence-electron chi connectivity index (χ2n) is 6.49. The summed E-state index contributed by atoms with van der Waals surface area (Å²) < 4.78 is 23.5. The van der Waals surface area contributed by atoms with E-state index in [1.807, 2.05) is 13.8 Å². The average molecular weight is 363 g/mol. The van der Waals surface area contributed by atoms with Gasteiger partial charge in [-0.3, -0.25) is 4.79 Å². The highest BCUT2D eigenvalue weighted by Crippen LogP contribution is 2.49. The van der Waals surface area contributed by atoms with Crippen LogP contribution in [0.5, 0.6) is 0 Å². The Morgan fingerprint density at radius 2 is 2.05 bits per heavy atom. The van der Waals surface area contributed by atoms with E-state index in [-0.39, 0.29) is 20.7 Å². The number of hydrogen-bond acceptors (Lipinski definition) is 6. The molecule has 1 aliphatic rings. The minimum absolute atomic E-state index is 0.00107. The molecule has 0 amide bonds. The third kappa shape index (κ3) is 3.73. The van der Waals surface area contributed by atoms with E-state index < -0.39 is 10.0 Å². The summed E-state index contributed by atoms with van der Waals surface area (Å²) in [5.74, 6) is 0.327. The first-order valence-electron chi connectivity index (χ1n) is 7.13. The van der Waals surface area contributed by atoms with Gasteiger partial charge in [-0.1, -0.05) is 13.8 Å². The summed E-state index contributed by atoms with van der Waals surface area (Å²) in [5.41, 5.74) is 0.495. The van der Waals surface area contributed by atoms with E-state index in [1.54, 1.807) is 11.8 Å². The fourth-order valence-electron chi connectivity index (χ4n) is 2.41. The van der Waals surface area contributed by atoms with Crippen LogP contribution in [0.2, 0.25) is 0 Å². The van der Waals surface area contributed by atoms with Crippen LogP contribution in [0.3, 0.4) is 0 Å². The largest absolute Gasteiger partial charge is 0.316 e. The first-order chi connectivity index (χ1) is 10.0. The van der Waals surface area contributed by atoms with Crippen molar-refractivity contribution in [3.63, 3.8) is 0 Å². The molecule has 1 aliphatic heterocycles. The average Bonchev–Trinajstić information content (AvgIpc) is 2.75. The molecule has 22 heavy (non-hydrogen) atoms. The van der Waals surface area contributed by atoms with Gasteiger partial charge in [0.1, 0.15) is 4.21 Å². The molecule has 0 saturated carbocycles. The van der Waals surface area contributed by atoms with Crippen LogP contribution in [0.4, 0.5) is 0 Å². The summed E-state index contributed by atoms with van der Waals surface area (Å²) in [6, 6.07) is 1.43. The van der Waals surface area contributed by atoms with E-state index >= 15 is 0 Å². The van der Waals surface area contributed by atoms with Gasteiger partial charge in [0.25, 0.3) is 0 Å². The lowest BCUT2D eigenvalue weighted by atomic mass is 9.87. The molecule has 1 aromatic rings. The lowest BCUT2D eigenvalue weighted by molar-refractivity contribution is 0.0890. The number of Topliss-reactive ketones (excluding diaryl/α,β-unsaturated/α-hetero) is 1. The number of thioether (sulfide) groups is 1.